The van der Waals surface area contributed by atoms with Crippen molar-refractivity contribution in [2.45, 2.75) is 39.8 Å². The zero-order valence-electron chi connectivity index (χ0n) is 11.4. The lowest BCUT2D eigenvalue weighted by Gasteiger charge is -2.26. The van der Waals surface area contributed by atoms with Gasteiger partial charge in [0, 0.05) is 13.6 Å². The van der Waals surface area contributed by atoms with Crippen molar-refractivity contribution in [3.63, 3.8) is 0 Å². The lowest BCUT2D eigenvalue weighted by molar-refractivity contribution is 0.0241. The summed E-state index contributed by atoms with van der Waals surface area (Å²) in [6.07, 6.45) is -0.345. The van der Waals surface area contributed by atoms with Crippen LogP contribution in [0.5, 0.6) is 0 Å². The number of nitrogens with zero attached hydrogens (tertiary/aromatic N) is 4. The Morgan fingerprint density at radius 2 is 2.06 bits per heavy atom. The van der Waals surface area contributed by atoms with E-state index in [-0.39, 0.29) is 6.09 Å². The summed E-state index contributed by atoms with van der Waals surface area (Å²) in [6.45, 7) is 8.36. The number of carbonyl (C=O) groups is 1. The molecule has 1 aromatic rings. The Hall–Kier alpha value is -1.11. The zero-order valence-corrected chi connectivity index (χ0v) is 13.0. The van der Waals surface area contributed by atoms with Gasteiger partial charge in [-0.3, -0.25) is 0 Å². The molecule has 0 N–H and O–H groups in total. The molecule has 0 aliphatic carbocycles. The van der Waals surface area contributed by atoms with Crippen LogP contribution < -0.4 is 0 Å². The van der Waals surface area contributed by atoms with E-state index in [1.807, 2.05) is 27.7 Å². The molecule has 0 unspecified atom stereocenters. The molecular weight excluding hydrogens is 300 g/mol. The number of ether oxygens (including phenoxy) is 1. The van der Waals surface area contributed by atoms with Crippen LogP contribution in [0.3, 0.4) is 0 Å². The first-order valence-electron chi connectivity index (χ1n) is 5.76. The molecule has 0 radical (unpaired) electrons. The number of amides is 1. The highest BCUT2D eigenvalue weighted by atomic mass is 79.9. The molecule has 0 saturated carbocycles. The van der Waals surface area contributed by atoms with Crippen LogP contribution in [0.1, 0.15) is 33.4 Å². The number of aromatic nitrogens is 3. The van der Waals surface area contributed by atoms with Crippen molar-refractivity contribution in [2.24, 2.45) is 7.05 Å². The molecule has 0 fully saturated rings. The Morgan fingerprint density at radius 1 is 1.44 bits per heavy atom. The molecule has 1 rings (SSSR count). The van der Waals surface area contributed by atoms with E-state index >= 15 is 0 Å². The molecule has 0 bridgehead atoms. The Bertz CT molecular complexity index is 425. The van der Waals surface area contributed by atoms with Crippen molar-refractivity contribution in [3.05, 3.63) is 10.3 Å². The quantitative estimate of drug-likeness (QED) is 0.858. The number of aryl methyl sites for hydroxylation is 1. The summed E-state index contributed by atoms with van der Waals surface area (Å²) < 4.78 is 5.97. The molecule has 0 aliphatic rings. The van der Waals surface area contributed by atoms with Gasteiger partial charge in [-0.05, 0) is 43.6 Å². The summed E-state index contributed by atoms with van der Waals surface area (Å²) in [6, 6.07) is 0. The third kappa shape index (κ3) is 4.29. The summed E-state index contributed by atoms with van der Waals surface area (Å²) in [5.41, 5.74) is 0.217. The number of halogens is 1. The Morgan fingerprint density at radius 3 is 2.44 bits per heavy atom. The van der Waals surface area contributed by atoms with E-state index in [9.17, 15) is 4.79 Å². The van der Waals surface area contributed by atoms with E-state index in [1.54, 1.807) is 11.9 Å². The molecule has 0 aromatic carbocycles. The Labute approximate surface area is 115 Å². The molecule has 6 nitrogen and oxygen atoms in total. The second-order valence-electron chi connectivity index (χ2n) is 4.92. The van der Waals surface area contributed by atoms with Gasteiger partial charge in [0.2, 0.25) is 0 Å². The fraction of sp³-hybridized carbons (Fsp3) is 0.727. The number of hydrogen-bond acceptors (Lipinski definition) is 4. The van der Waals surface area contributed by atoms with Gasteiger partial charge in [-0.1, -0.05) is 0 Å². The molecule has 0 atom stereocenters. The maximum Gasteiger partial charge on any atom is 0.410 e. The highest BCUT2D eigenvalue weighted by Gasteiger charge is 2.22. The highest BCUT2D eigenvalue weighted by Crippen LogP contribution is 2.15. The second kappa shape index (κ2) is 5.69. The van der Waals surface area contributed by atoms with E-state index in [0.29, 0.717) is 23.4 Å². The first-order valence-corrected chi connectivity index (χ1v) is 6.56. The van der Waals surface area contributed by atoms with Crippen molar-refractivity contribution in [1.82, 2.24) is 19.9 Å². The lowest BCUT2D eigenvalue weighted by Crippen LogP contribution is -2.36. The smallest absolute Gasteiger partial charge is 0.410 e. The van der Waals surface area contributed by atoms with E-state index < -0.39 is 5.60 Å². The average Bonchev–Trinajstić information content (AvgIpc) is 2.50. The minimum Gasteiger partial charge on any atom is -0.444 e. The van der Waals surface area contributed by atoms with Gasteiger partial charge in [0.25, 0.3) is 0 Å². The molecule has 1 amide bonds. The van der Waals surface area contributed by atoms with E-state index in [0.717, 1.165) is 0 Å². The van der Waals surface area contributed by atoms with Crippen molar-refractivity contribution >= 4 is 22.0 Å². The number of hydrogen-bond donors (Lipinski definition) is 0. The van der Waals surface area contributed by atoms with Crippen LogP contribution in [0.2, 0.25) is 0 Å². The molecule has 0 aliphatic heterocycles. The lowest BCUT2D eigenvalue weighted by atomic mass is 10.2. The van der Waals surface area contributed by atoms with Gasteiger partial charge >= 0.3 is 6.09 Å². The highest BCUT2D eigenvalue weighted by molar-refractivity contribution is 9.10. The first kappa shape index (κ1) is 14.9. The van der Waals surface area contributed by atoms with Crippen LogP contribution in [-0.2, 0) is 18.3 Å². The SMILES string of the molecule is CCN(Cc1nn(C)nc1Br)C(=O)OC(C)(C)C. The van der Waals surface area contributed by atoms with Gasteiger partial charge in [-0.15, -0.1) is 5.10 Å². The maximum absolute atomic E-state index is 11.9. The normalized spacial score (nSPS) is 11.4. The minimum atomic E-state index is -0.496. The number of carbonyl (C=O) groups excluding carboxylic acids is 1. The Kier molecular flexibility index (Phi) is 4.72. The van der Waals surface area contributed by atoms with Crippen LogP contribution in [-0.4, -0.2) is 38.1 Å². The topological polar surface area (TPSA) is 60.2 Å². The summed E-state index contributed by atoms with van der Waals surface area (Å²) >= 11 is 3.31. The molecule has 0 saturated heterocycles. The third-order valence-corrected chi connectivity index (χ3v) is 2.73. The fourth-order valence-electron chi connectivity index (χ4n) is 1.33. The largest absolute Gasteiger partial charge is 0.444 e. The van der Waals surface area contributed by atoms with Crippen LogP contribution >= 0.6 is 15.9 Å². The second-order valence-corrected chi connectivity index (χ2v) is 5.67. The number of rotatable bonds is 3. The van der Waals surface area contributed by atoms with Gasteiger partial charge in [0.05, 0.1) is 6.54 Å². The molecule has 102 valence electrons. The van der Waals surface area contributed by atoms with Crippen LogP contribution in [0, 0.1) is 0 Å². The van der Waals surface area contributed by atoms with Crippen molar-refractivity contribution in [2.75, 3.05) is 6.54 Å². The summed E-state index contributed by atoms with van der Waals surface area (Å²) in [5.74, 6) is 0. The van der Waals surface area contributed by atoms with E-state index in [1.165, 1.54) is 4.80 Å². The van der Waals surface area contributed by atoms with Gasteiger partial charge < -0.3 is 9.64 Å². The molecule has 0 spiro atoms. The van der Waals surface area contributed by atoms with Crippen molar-refractivity contribution in [1.29, 1.82) is 0 Å². The monoisotopic (exact) mass is 318 g/mol. The van der Waals surface area contributed by atoms with Crippen LogP contribution in [0.25, 0.3) is 0 Å². The van der Waals surface area contributed by atoms with E-state index in [4.69, 9.17) is 4.74 Å². The van der Waals surface area contributed by atoms with Crippen molar-refractivity contribution < 1.29 is 9.53 Å². The predicted molar refractivity (Wildman–Crippen MR) is 71.0 cm³/mol. The maximum atomic E-state index is 11.9. The minimum absolute atomic E-state index is 0.345. The molecule has 1 heterocycles. The fourth-order valence-corrected chi connectivity index (χ4v) is 1.77. The van der Waals surface area contributed by atoms with Gasteiger partial charge in [0.15, 0.2) is 4.60 Å². The molecule has 18 heavy (non-hydrogen) atoms. The zero-order chi connectivity index (χ0) is 13.9. The molecule has 1 aromatic heterocycles. The molecule has 7 heteroatoms. The van der Waals surface area contributed by atoms with Crippen molar-refractivity contribution in [3.8, 4) is 0 Å². The standard InChI is InChI=1S/C11H19BrN4O2/c1-6-16(10(17)18-11(2,3)4)7-8-9(12)14-15(5)13-8/h6-7H2,1-5H3. The van der Waals surface area contributed by atoms with Crippen LogP contribution in [0.4, 0.5) is 4.79 Å². The average molecular weight is 319 g/mol. The van der Waals surface area contributed by atoms with E-state index in [2.05, 4.69) is 26.1 Å². The van der Waals surface area contributed by atoms with Gasteiger partial charge in [-0.2, -0.15) is 9.90 Å². The van der Waals surface area contributed by atoms with Gasteiger partial charge in [0.1, 0.15) is 11.3 Å². The third-order valence-electron chi connectivity index (χ3n) is 2.11. The molecular formula is C11H19BrN4O2. The first-order chi connectivity index (χ1) is 8.23. The summed E-state index contributed by atoms with van der Waals surface area (Å²) in [4.78, 5) is 15.0. The Balaban J connectivity index is 2.73. The van der Waals surface area contributed by atoms with Gasteiger partial charge in [-0.25, -0.2) is 4.79 Å². The predicted octanol–water partition coefficient (Wildman–Crippen LogP) is 2.33. The van der Waals surface area contributed by atoms with Crippen LogP contribution in [0.15, 0.2) is 4.60 Å². The summed E-state index contributed by atoms with van der Waals surface area (Å²) in [5, 5.41) is 8.26. The summed E-state index contributed by atoms with van der Waals surface area (Å²) in [7, 11) is 1.73.